The molecule has 274 valence electrons. The minimum Gasteiger partial charge on any atom is -0.469 e. The lowest BCUT2D eigenvalue weighted by molar-refractivity contribution is -0.141. The second-order valence-electron chi connectivity index (χ2n) is 15.0. The molecule has 1 aromatic carbocycles. The fourth-order valence-corrected chi connectivity index (χ4v) is 7.33. The van der Waals surface area contributed by atoms with Crippen LogP contribution < -0.4 is 10.9 Å². The van der Waals surface area contributed by atoms with Crippen molar-refractivity contribution in [2.24, 2.45) is 11.3 Å². The van der Waals surface area contributed by atoms with E-state index in [2.05, 4.69) is 17.5 Å². The van der Waals surface area contributed by atoms with Crippen LogP contribution in [0.4, 0.5) is 13.2 Å². The summed E-state index contributed by atoms with van der Waals surface area (Å²) in [6, 6.07) is 8.50. The first-order valence-corrected chi connectivity index (χ1v) is 17.6. The van der Waals surface area contributed by atoms with Crippen LogP contribution >= 0.6 is 0 Å². The molecular weight excluding hydrogens is 657 g/mol. The van der Waals surface area contributed by atoms with Gasteiger partial charge in [-0.2, -0.15) is 13.2 Å². The van der Waals surface area contributed by atoms with Crippen LogP contribution in [-0.4, -0.2) is 54.1 Å². The van der Waals surface area contributed by atoms with E-state index in [1.807, 2.05) is 52.0 Å². The number of hydrogen-bond donors (Lipinski definition) is 1. The second-order valence-corrected chi connectivity index (χ2v) is 15.0. The number of nitrogens with zero attached hydrogens (tertiary/aromatic N) is 3. The van der Waals surface area contributed by atoms with Crippen LogP contribution in [0.2, 0.25) is 0 Å². The molecule has 0 saturated heterocycles. The van der Waals surface area contributed by atoms with Crippen LogP contribution in [-0.2, 0) is 26.9 Å². The minimum absolute atomic E-state index is 0.0258. The molecule has 2 aromatic heterocycles. The number of carbonyl (C=O) groups is 2. The lowest BCUT2D eigenvalue weighted by Gasteiger charge is -2.47. The third-order valence-electron chi connectivity index (χ3n) is 10.2. The van der Waals surface area contributed by atoms with Crippen molar-refractivity contribution in [2.75, 3.05) is 27.7 Å². The van der Waals surface area contributed by atoms with Gasteiger partial charge in [0.25, 0.3) is 5.56 Å². The van der Waals surface area contributed by atoms with E-state index in [1.54, 1.807) is 19.0 Å². The van der Waals surface area contributed by atoms with Crippen molar-refractivity contribution >= 4 is 17.4 Å². The van der Waals surface area contributed by atoms with E-state index in [4.69, 9.17) is 9.72 Å². The molecule has 8 nitrogen and oxygen atoms in total. The number of esters is 1. The highest BCUT2D eigenvalue weighted by Gasteiger charge is 2.43. The fourth-order valence-electron chi connectivity index (χ4n) is 7.33. The molecule has 51 heavy (non-hydrogen) atoms. The van der Waals surface area contributed by atoms with Crippen LogP contribution in [0, 0.1) is 25.2 Å². The number of aromatic nitrogens is 2. The van der Waals surface area contributed by atoms with Gasteiger partial charge in [-0.25, -0.2) is 0 Å². The highest BCUT2D eigenvalue weighted by atomic mass is 19.4. The monoisotopic (exact) mass is 706 g/mol. The van der Waals surface area contributed by atoms with E-state index >= 15 is 0 Å². The number of nitrogens with one attached hydrogen (secondary N) is 1. The molecule has 1 spiro atoms. The number of halogens is 3. The van der Waals surface area contributed by atoms with Crippen molar-refractivity contribution in [1.29, 1.82) is 0 Å². The van der Waals surface area contributed by atoms with E-state index in [0.29, 0.717) is 18.3 Å². The van der Waals surface area contributed by atoms with E-state index in [9.17, 15) is 27.6 Å². The largest absolute Gasteiger partial charge is 0.469 e. The summed E-state index contributed by atoms with van der Waals surface area (Å²) in [7, 11) is 4.77. The zero-order valence-corrected chi connectivity index (χ0v) is 30.6. The van der Waals surface area contributed by atoms with Gasteiger partial charge in [-0.3, -0.25) is 19.4 Å². The molecule has 2 atom stereocenters. The standard InChI is InChI=1S/C40H49F3N4O4/c1-24(2)16-34(47-23-27(12-15-46(5)6)30(19-35(47)48)40(41,42)43)38(50)45-33(20-36(49)51-7)32-18-28(37-25(3)10-8-11-26(37)4)17-31(44-32)29-21-39(22-29)13-9-14-39/h8,10-11,17-19,21,23-24,33-34H,9,12-16,20,22H2,1-7H3,(H,45,50)/t33-,34?/m0/s1. The van der Waals surface area contributed by atoms with E-state index in [1.165, 1.54) is 19.7 Å². The summed E-state index contributed by atoms with van der Waals surface area (Å²) in [4.78, 5) is 47.3. The third kappa shape index (κ3) is 8.63. The molecule has 1 fully saturated rings. The maximum Gasteiger partial charge on any atom is 0.416 e. The van der Waals surface area contributed by atoms with Gasteiger partial charge in [0.2, 0.25) is 5.91 Å². The molecule has 2 aliphatic carbocycles. The number of methoxy groups -OCH3 is 1. The number of carbonyl (C=O) groups excluding carboxylic acids is 2. The predicted molar refractivity (Wildman–Crippen MR) is 192 cm³/mol. The fraction of sp³-hybridized carbons (Fsp3) is 0.500. The van der Waals surface area contributed by atoms with Crippen molar-refractivity contribution in [3.05, 3.63) is 92.7 Å². The average Bonchev–Trinajstić information content (AvgIpc) is 3.00. The maximum atomic E-state index is 14.3. The van der Waals surface area contributed by atoms with Crippen LogP contribution in [0.3, 0.4) is 0 Å². The SMILES string of the molecule is COC(=O)C[C@H](NC(=O)C(CC(C)C)n1cc(CCN(C)C)c(C(F)(F)F)cc1=O)c1cc(-c2c(C)cccc2C)cc(C2=CC3(CCC3)C2)n1. The number of benzene rings is 1. The molecule has 3 aromatic rings. The lowest BCUT2D eigenvalue weighted by atomic mass is 9.58. The molecule has 2 aliphatic rings. The summed E-state index contributed by atoms with van der Waals surface area (Å²) in [5, 5.41) is 2.98. The number of aryl methyl sites for hydroxylation is 2. The second kappa shape index (κ2) is 15.2. The van der Waals surface area contributed by atoms with Crippen LogP contribution in [0.1, 0.15) is 98.1 Å². The van der Waals surface area contributed by atoms with Gasteiger partial charge in [0, 0.05) is 18.8 Å². The molecule has 0 bridgehead atoms. The van der Waals surface area contributed by atoms with Crippen molar-refractivity contribution in [3.63, 3.8) is 0 Å². The van der Waals surface area contributed by atoms with Gasteiger partial charge in [0.15, 0.2) is 0 Å². The first-order chi connectivity index (χ1) is 24.0. The normalized spacial score (nSPS) is 16.4. The predicted octanol–water partition coefficient (Wildman–Crippen LogP) is 7.62. The highest BCUT2D eigenvalue weighted by molar-refractivity contribution is 5.82. The molecule has 1 saturated carbocycles. The number of amides is 1. The summed E-state index contributed by atoms with van der Waals surface area (Å²) in [6.45, 7) is 8.13. The van der Waals surface area contributed by atoms with Gasteiger partial charge < -0.3 is 19.5 Å². The summed E-state index contributed by atoms with van der Waals surface area (Å²) < 4.78 is 48.3. The Bertz CT molecular complexity index is 1850. The number of alkyl halides is 3. The summed E-state index contributed by atoms with van der Waals surface area (Å²) in [5.41, 5.74) is 4.62. The quantitative estimate of drug-likeness (QED) is 0.184. The zero-order valence-electron chi connectivity index (χ0n) is 30.6. The minimum atomic E-state index is -4.74. The van der Waals surface area contributed by atoms with Crippen molar-refractivity contribution < 1.29 is 27.5 Å². The van der Waals surface area contributed by atoms with Crippen molar-refractivity contribution in [2.45, 2.75) is 90.9 Å². The Hall–Kier alpha value is -4.25. The Morgan fingerprint density at radius 1 is 1.10 bits per heavy atom. The number of likely N-dealkylation sites (N-methyl/N-ethyl adjacent to an activating group) is 1. The Morgan fingerprint density at radius 3 is 2.31 bits per heavy atom. The molecular formula is C40H49F3N4O4. The maximum absolute atomic E-state index is 14.3. The number of hydrogen-bond acceptors (Lipinski definition) is 6. The first-order valence-electron chi connectivity index (χ1n) is 17.6. The van der Waals surface area contributed by atoms with E-state index in [-0.39, 0.29) is 36.2 Å². The summed E-state index contributed by atoms with van der Waals surface area (Å²) in [5.74, 6) is -1.27. The molecule has 5 rings (SSSR count). The van der Waals surface area contributed by atoms with Gasteiger partial charge in [-0.05, 0) is 117 Å². The molecule has 1 N–H and O–H groups in total. The first kappa shape index (κ1) is 38.0. The molecule has 1 amide bonds. The van der Waals surface area contributed by atoms with E-state index < -0.39 is 41.3 Å². The number of allylic oxidation sites excluding steroid dienone is 2. The van der Waals surface area contributed by atoms with Crippen molar-refractivity contribution in [3.8, 4) is 11.1 Å². The van der Waals surface area contributed by atoms with Gasteiger partial charge >= 0.3 is 12.1 Å². The average molecular weight is 707 g/mol. The number of rotatable bonds is 13. The molecule has 11 heteroatoms. The Kier molecular flexibility index (Phi) is 11.3. The van der Waals surface area contributed by atoms with Crippen LogP contribution in [0.25, 0.3) is 16.7 Å². The summed E-state index contributed by atoms with van der Waals surface area (Å²) in [6.07, 6.45) is 3.11. The third-order valence-corrected chi connectivity index (χ3v) is 10.2. The van der Waals surface area contributed by atoms with Crippen molar-refractivity contribution in [1.82, 2.24) is 19.8 Å². The molecule has 1 unspecified atom stereocenters. The zero-order chi connectivity index (χ0) is 37.2. The molecule has 2 heterocycles. The molecule has 0 radical (unpaired) electrons. The molecule has 0 aliphatic heterocycles. The number of pyridine rings is 2. The Labute approximate surface area is 298 Å². The van der Waals surface area contributed by atoms with Crippen LogP contribution in [0.5, 0.6) is 0 Å². The van der Waals surface area contributed by atoms with Gasteiger partial charge in [-0.15, -0.1) is 0 Å². The summed E-state index contributed by atoms with van der Waals surface area (Å²) >= 11 is 0. The van der Waals surface area contributed by atoms with Crippen LogP contribution in [0.15, 0.2) is 53.5 Å². The van der Waals surface area contributed by atoms with Gasteiger partial charge in [0.05, 0.1) is 36.5 Å². The topological polar surface area (TPSA) is 93.5 Å². The van der Waals surface area contributed by atoms with Gasteiger partial charge in [-0.1, -0.05) is 44.5 Å². The van der Waals surface area contributed by atoms with Gasteiger partial charge in [0.1, 0.15) is 6.04 Å². The number of ether oxygens (including phenoxy) is 1. The Morgan fingerprint density at radius 2 is 1.76 bits per heavy atom. The van der Waals surface area contributed by atoms with E-state index in [0.717, 1.165) is 57.4 Å². The lowest BCUT2D eigenvalue weighted by Crippen LogP contribution is -2.41. The smallest absolute Gasteiger partial charge is 0.416 e. The Balaban J connectivity index is 1.59. The highest BCUT2D eigenvalue weighted by Crippen LogP contribution is 2.56.